The fourth-order valence-electron chi connectivity index (χ4n) is 2.42. The molecule has 1 aromatic heterocycles. The lowest BCUT2D eigenvalue weighted by Gasteiger charge is -2.09. The van der Waals surface area contributed by atoms with E-state index in [0.717, 1.165) is 10.2 Å². The van der Waals surface area contributed by atoms with Crippen LogP contribution in [-0.4, -0.2) is 23.4 Å². The summed E-state index contributed by atoms with van der Waals surface area (Å²) in [6, 6.07) is 12.5. The minimum Gasteiger partial charge on any atom is -0.493 e. The van der Waals surface area contributed by atoms with Crippen LogP contribution in [0.3, 0.4) is 0 Å². The second kappa shape index (κ2) is 8.18. The van der Waals surface area contributed by atoms with Gasteiger partial charge in [-0.2, -0.15) is 0 Å². The maximum Gasteiger partial charge on any atom is 0.257 e. The van der Waals surface area contributed by atoms with Gasteiger partial charge < -0.3 is 10.1 Å². The standard InChI is InChI=1S/C20H21N3O3S/c1-12(2)11-26-16-6-4-5-14(9-16)19(25)23-20-22-17-8-7-15(21-13(3)24)10-18(17)27-20/h4-10,12H,11H2,1-3H3,(H,21,24)(H,22,23,25). The van der Waals surface area contributed by atoms with E-state index in [1.54, 1.807) is 24.3 Å². The Kier molecular flexibility index (Phi) is 5.71. The Morgan fingerprint density at radius 3 is 2.70 bits per heavy atom. The third-order valence-electron chi connectivity index (χ3n) is 3.61. The molecule has 0 bridgehead atoms. The lowest BCUT2D eigenvalue weighted by atomic mass is 10.2. The molecule has 2 aromatic carbocycles. The summed E-state index contributed by atoms with van der Waals surface area (Å²) < 4.78 is 6.55. The summed E-state index contributed by atoms with van der Waals surface area (Å²) in [5, 5.41) is 6.07. The Hall–Kier alpha value is -2.93. The number of benzene rings is 2. The molecule has 0 fully saturated rings. The van der Waals surface area contributed by atoms with Crippen LogP contribution in [0.2, 0.25) is 0 Å². The smallest absolute Gasteiger partial charge is 0.257 e. The number of hydrogen-bond donors (Lipinski definition) is 2. The Bertz CT molecular complexity index is 982. The van der Waals surface area contributed by atoms with Gasteiger partial charge >= 0.3 is 0 Å². The zero-order valence-corrected chi connectivity index (χ0v) is 16.2. The number of thiazole rings is 1. The Morgan fingerprint density at radius 2 is 1.96 bits per heavy atom. The number of aromatic nitrogens is 1. The molecule has 0 radical (unpaired) electrons. The number of ether oxygens (including phenoxy) is 1. The van der Waals surface area contributed by atoms with Gasteiger partial charge in [0.15, 0.2) is 5.13 Å². The average Bonchev–Trinajstić information content (AvgIpc) is 3.01. The zero-order valence-electron chi connectivity index (χ0n) is 15.4. The third-order valence-corrected chi connectivity index (χ3v) is 4.54. The highest BCUT2D eigenvalue weighted by Gasteiger charge is 2.11. The zero-order chi connectivity index (χ0) is 19.4. The first-order chi connectivity index (χ1) is 12.9. The molecule has 0 unspecified atom stereocenters. The van der Waals surface area contributed by atoms with Gasteiger partial charge in [-0.1, -0.05) is 31.3 Å². The molecular formula is C20H21N3O3S. The Morgan fingerprint density at radius 1 is 1.15 bits per heavy atom. The van der Waals surface area contributed by atoms with Crippen LogP contribution in [0, 0.1) is 5.92 Å². The Labute approximate surface area is 161 Å². The normalized spacial score (nSPS) is 10.8. The van der Waals surface area contributed by atoms with Gasteiger partial charge in [-0.25, -0.2) is 4.98 Å². The van der Waals surface area contributed by atoms with Crippen LogP contribution in [0.1, 0.15) is 31.1 Å². The monoisotopic (exact) mass is 383 g/mol. The fraction of sp³-hybridized carbons (Fsp3) is 0.250. The summed E-state index contributed by atoms with van der Waals surface area (Å²) in [4.78, 5) is 28.1. The molecule has 0 saturated carbocycles. The number of nitrogens with one attached hydrogen (secondary N) is 2. The van der Waals surface area contributed by atoms with Crippen LogP contribution < -0.4 is 15.4 Å². The summed E-state index contributed by atoms with van der Waals surface area (Å²) in [5.41, 5.74) is 1.97. The molecule has 140 valence electrons. The van der Waals surface area contributed by atoms with Crippen LogP contribution in [0.25, 0.3) is 10.2 Å². The predicted molar refractivity (Wildman–Crippen MR) is 109 cm³/mol. The third kappa shape index (κ3) is 5.04. The van der Waals surface area contributed by atoms with Crippen molar-refractivity contribution >= 4 is 44.2 Å². The summed E-state index contributed by atoms with van der Waals surface area (Å²) in [6.45, 7) is 6.20. The molecule has 0 atom stereocenters. The van der Waals surface area contributed by atoms with Gasteiger partial charge in [-0.15, -0.1) is 0 Å². The average molecular weight is 383 g/mol. The predicted octanol–water partition coefficient (Wildman–Crippen LogP) is 4.54. The van der Waals surface area contributed by atoms with Gasteiger partial charge in [0.05, 0.1) is 16.8 Å². The topological polar surface area (TPSA) is 80.3 Å². The van der Waals surface area contributed by atoms with E-state index in [-0.39, 0.29) is 11.8 Å². The summed E-state index contributed by atoms with van der Waals surface area (Å²) >= 11 is 1.35. The van der Waals surface area contributed by atoms with Crippen molar-refractivity contribution < 1.29 is 14.3 Å². The second-order valence-electron chi connectivity index (χ2n) is 6.57. The van der Waals surface area contributed by atoms with Gasteiger partial charge in [-0.3, -0.25) is 14.9 Å². The maximum atomic E-state index is 12.5. The molecule has 0 aliphatic heterocycles. The van der Waals surface area contributed by atoms with Crippen molar-refractivity contribution in [2.24, 2.45) is 5.92 Å². The van der Waals surface area contributed by atoms with Gasteiger partial charge in [0.2, 0.25) is 5.91 Å². The van der Waals surface area contributed by atoms with Gasteiger partial charge in [0.25, 0.3) is 5.91 Å². The van der Waals surface area contributed by atoms with Crippen molar-refractivity contribution in [2.45, 2.75) is 20.8 Å². The molecule has 6 nitrogen and oxygen atoms in total. The van der Waals surface area contributed by atoms with E-state index in [4.69, 9.17) is 4.74 Å². The van der Waals surface area contributed by atoms with Crippen molar-refractivity contribution in [3.63, 3.8) is 0 Å². The highest BCUT2D eigenvalue weighted by atomic mass is 32.1. The van der Waals surface area contributed by atoms with E-state index in [2.05, 4.69) is 29.5 Å². The SMILES string of the molecule is CC(=O)Nc1ccc2nc(NC(=O)c3cccc(OCC(C)C)c3)sc2c1. The van der Waals surface area contributed by atoms with Crippen LogP contribution >= 0.6 is 11.3 Å². The second-order valence-corrected chi connectivity index (χ2v) is 7.60. The van der Waals surface area contributed by atoms with Gasteiger partial charge in [-0.05, 0) is 42.3 Å². The fourth-order valence-corrected chi connectivity index (χ4v) is 3.32. The number of anilines is 2. The van der Waals surface area contributed by atoms with Gasteiger partial charge in [0.1, 0.15) is 5.75 Å². The molecule has 0 saturated heterocycles. The maximum absolute atomic E-state index is 12.5. The largest absolute Gasteiger partial charge is 0.493 e. The summed E-state index contributed by atoms with van der Waals surface area (Å²) in [6.07, 6.45) is 0. The van der Waals surface area contributed by atoms with E-state index in [1.807, 2.05) is 18.2 Å². The summed E-state index contributed by atoms with van der Waals surface area (Å²) in [7, 11) is 0. The first-order valence-electron chi connectivity index (χ1n) is 8.63. The molecule has 0 aliphatic rings. The number of hydrogen-bond acceptors (Lipinski definition) is 5. The number of carbonyl (C=O) groups is 2. The molecule has 7 heteroatoms. The molecule has 2 N–H and O–H groups in total. The van der Waals surface area contributed by atoms with Crippen LogP contribution in [-0.2, 0) is 4.79 Å². The van der Waals surface area contributed by atoms with Crippen LogP contribution in [0.4, 0.5) is 10.8 Å². The van der Waals surface area contributed by atoms with Crippen molar-refractivity contribution in [1.82, 2.24) is 4.98 Å². The van der Waals surface area contributed by atoms with E-state index in [9.17, 15) is 9.59 Å². The number of fused-ring (bicyclic) bond motifs is 1. The number of nitrogens with zero attached hydrogens (tertiary/aromatic N) is 1. The number of rotatable bonds is 6. The number of carbonyl (C=O) groups excluding carboxylic acids is 2. The van der Waals surface area contributed by atoms with Crippen LogP contribution in [0.5, 0.6) is 5.75 Å². The van der Waals surface area contributed by atoms with E-state index in [1.165, 1.54) is 18.3 Å². The number of amides is 2. The highest BCUT2D eigenvalue weighted by Crippen LogP contribution is 2.29. The minimum atomic E-state index is -0.244. The van der Waals surface area contributed by atoms with E-state index < -0.39 is 0 Å². The van der Waals surface area contributed by atoms with Crippen molar-refractivity contribution in [1.29, 1.82) is 0 Å². The van der Waals surface area contributed by atoms with Crippen LogP contribution in [0.15, 0.2) is 42.5 Å². The minimum absolute atomic E-state index is 0.132. The quantitative estimate of drug-likeness (QED) is 0.655. The Balaban J connectivity index is 1.73. The highest BCUT2D eigenvalue weighted by molar-refractivity contribution is 7.22. The molecule has 27 heavy (non-hydrogen) atoms. The first-order valence-corrected chi connectivity index (χ1v) is 9.45. The molecule has 0 aliphatic carbocycles. The molecule has 3 rings (SSSR count). The summed E-state index contributed by atoms with van der Waals surface area (Å²) in [5.74, 6) is 0.700. The lowest BCUT2D eigenvalue weighted by Crippen LogP contribution is -2.12. The molecule has 3 aromatic rings. The lowest BCUT2D eigenvalue weighted by molar-refractivity contribution is -0.114. The molecule has 2 amide bonds. The van der Waals surface area contributed by atoms with Crippen molar-refractivity contribution in [2.75, 3.05) is 17.2 Å². The van der Waals surface area contributed by atoms with E-state index >= 15 is 0 Å². The molecule has 1 heterocycles. The van der Waals surface area contributed by atoms with Gasteiger partial charge in [0, 0.05) is 18.2 Å². The molecule has 0 spiro atoms. The van der Waals surface area contributed by atoms with Crippen molar-refractivity contribution in [3.05, 3.63) is 48.0 Å². The van der Waals surface area contributed by atoms with E-state index in [0.29, 0.717) is 34.7 Å². The van der Waals surface area contributed by atoms with Crippen molar-refractivity contribution in [3.8, 4) is 5.75 Å². The first kappa shape index (κ1) is 18.8. The molecular weight excluding hydrogens is 362 g/mol.